The molecule has 1 atom stereocenters. The van der Waals surface area contributed by atoms with Crippen molar-refractivity contribution in [3.63, 3.8) is 0 Å². The molecule has 10 nitrogen and oxygen atoms in total. The molecule has 4 aromatic heterocycles. The summed E-state index contributed by atoms with van der Waals surface area (Å²) in [4.78, 5) is 36.8. The number of fused-ring (bicyclic) bond motifs is 4. The van der Waals surface area contributed by atoms with Gasteiger partial charge < -0.3 is 10.2 Å². The molecule has 1 N–H and O–H groups in total. The van der Waals surface area contributed by atoms with Crippen molar-refractivity contribution >= 4 is 74.4 Å². The molecule has 0 unspecified atom stereocenters. The first kappa shape index (κ1) is 40.0. The van der Waals surface area contributed by atoms with E-state index in [-0.39, 0.29) is 17.9 Å². The summed E-state index contributed by atoms with van der Waals surface area (Å²) >= 11 is 11.2. The molecule has 0 aliphatic carbocycles. The average molecular weight is 851 g/mol. The Morgan fingerprint density at radius 3 is 2.53 bits per heavy atom. The Hall–Kier alpha value is -4.82. The number of para-hydroxylation sites is 1. The summed E-state index contributed by atoms with van der Waals surface area (Å²) in [7, 11) is 2.04. The smallest absolute Gasteiger partial charge is 0.271 e. The van der Waals surface area contributed by atoms with Gasteiger partial charge in [0.2, 0.25) is 11.6 Å². The van der Waals surface area contributed by atoms with Crippen LogP contribution in [0.15, 0.2) is 87.6 Å². The van der Waals surface area contributed by atoms with Gasteiger partial charge in [0.05, 0.1) is 17.8 Å². The summed E-state index contributed by atoms with van der Waals surface area (Å²) in [6.45, 7) is 10.3. The van der Waals surface area contributed by atoms with Crippen molar-refractivity contribution in [2.75, 3.05) is 18.5 Å². The van der Waals surface area contributed by atoms with Crippen LogP contribution in [0.5, 0.6) is 0 Å². The molecule has 58 heavy (non-hydrogen) atoms. The Morgan fingerprint density at radius 1 is 0.966 bits per heavy atom. The molecule has 6 aromatic rings. The van der Waals surface area contributed by atoms with Gasteiger partial charge >= 0.3 is 0 Å². The first-order chi connectivity index (χ1) is 28.1. The summed E-state index contributed by atoms with van der Waals surface area (Å²) in [5, 5.41) is 14.8. The number of unbranched alkanes of at least 4 members (excludes halogenated alkanes) is 3. The monoisotopic (exact) mass is 849 g/mol. The van der Waals surface area contributed by atoms with Crippen LogP contribution in [0, 0.1) is 20.8 Å². The number of anilines is 1. The van der Waals surface area contributed by atoms with E-state index in [1.165, 1.54) is 9.77 Å². The second kappa shape index (κ2) is 17.2. The normalized spacial score (nSPS) is 15.9. The molecule has 2 aliphatic rings. The topological polar surface area (TPSA) is 101 Å². The van der Waals surface area contributed by atoms with Gasteiger partial charge in [0, 0.05) is 70.7 Å². The minimum Gasteiger partial charge on any atom is -0.356 e. The van der Waals surface area contributed by atoms with E-state index in [0.717, 1.165) is 91.1 Å². The largest absolute Gasteiger partial charge is 0.356 e. The van der Waals surface area contributed by atoms with E-state index in [0.29, 0.717) is 23.9 Å². The second-order valence-electron chi connectivity index (χ2n) is 14.6. The molecule has 2 aromatic carbocycles. The van der Waals surface area contributed by atoms with Crippen LogP contribution in [0.3, 0.4) is 0 Å². The maximum absolute atomic E-state index is 13.7. The third-order valence-electron chi connectivity index (χ3n) is 10.8. The summed E-state index contributed by atoms with van der Waals surface area (Å²) in [5.74, 6) is 1.39. The van der Waals surface area contributed by atoms with Crippen LogP contribution in [0.25, 0.3) is 16.1 Å². The average Bonchev–Trinajstić information content (AvgIpc) is 3.92. The summed E-state index contributed by atoms with van der Waals surface area (Å²) in [6.07, 6.45) is 8.34. The molecule has 1 amide bonds. The number of benzene rings is 2. The maximum atomic E-state index is 13.7. The fraction of sp³-hybridized carbons (Fsp3) is 0.318. The van der Waals surface area contributed by atoms with Crippen molar-refractivity contribution in [2.24, 2.45) is 4.99 Å². The van der Waals surface area contributed by atoms with E-state index < -0.39 is 6.04 Å². The van der Waals surface area contributed by atoms with Crippen LogP contribution in [-0.4, -0.2) is 44.5 Å². The van der Waals surface area contributed by atoms with E-state index in [9.17, 15) is 9.59 Å². The molecule has 0 saturated heterocycles. The number of thioether (sulfide) groups is 1. The van der Waals surface area contributed by atoms with E-state index in [1.807, 2.05) is 67.9 Å². The van der Waals surface area contributed by atoms with Crippen molar-refractivity contribution in [1.29, 1.82) is 0 Å². The predicted molar refractivity (Wildman–Crippen MR) is 237 cm³/mol. The van der Waals surface area contributed by atoms with Crippen LogP contribution in [-0.2, 0) is 17.9 Å². The molecule has 6 heterocycles. The van der Waals surface area contributed by atoms with Gasteiger partial charge in [0.25, 0.3) is 5.56 Å². The van der Waals surface area contributed by atoms with Crippen LogP contribution in [0.4, 0.5) is 5.69 Å². The first-order valence-corrected chi connectivity index (χ1v) is 22.5. The zero-order valence-electron chi connectivity index (χ0n) is 33.3. The molecule has 14 heteroatoms. The number of nitrogens with zero attached hydrogens (tertiary/aromatic N) is 7. The lowest BCUT2D eigenvalue weighted by atomic mass is 9.99. The molecule has 0 fully saturated rings. The number of amides is 1. The number of nitrogens with one attached hydrogen (secondary N) is 1. The van der Waals surface area contributed by atoms with Gasteiger partial charge in [0.15, 0.2) is 12.0 Å². The predicted octanol–water partition coefficient (Wildman–Crippen LogP) is 7.23. The van der Waals surface area contributed by atoms with Gasteiger partial charge in [-0.3, -0.25) is 23.7 Å². The molecule has 0 spiro atoms. The highest BCUT2D eigenvalue weighted by molar-refractivity contribution is 8.08. The Kier molecular flexibility index (Phi) is 11.8. The minimum absolute atomic E-state index is 0.0560. The van der Waals surface area contributed by atoms with Crippen molar-refractivity contribution in [3.8, 4) is 5.00 Å². The number of rotatable bonds is 12. The zero-order valence-corrected chi connectivity index (χ0v) is 36.5. The van der Waals surface area contributed by atoms with E-state index >= 15 is 0 Å². The fourth-order valence-corrected chi connectivity index (χ4v) is 11.4. The van der Waals surface area contributed by atoms with E-state index in [2.05, 4.69) is 79.9 Å². The first-order valence-electron chi connectivity index (χ1n) is 19.7. The summed E-state index contributed by atoms with van der Waals surface area (Å²) < 4.78 is 7.94. The zero-order chi connectivity index (χ0) is 40.5. The molecule has 0 saturated carbocycles. The van der Waals surface area contributed by atoms with Gasteiger partial charge in [-0.2, -0.15) is 4.57 Å². The number of halogens is 1. The highest BCUT2D eigenvalue weighted by Crippen LogP contribution is 2.45. The number of hydrogen-bond donors (Lipinski definition) is 1. The number of carbonyl (C=O) groups excluding carboxylic acids is 1. The van der Waals surface area contributed by atoms with Gasteiger partial charge in [-0.25, -0.2) is 0 Å². The van der Waals surface area contributed by atoms with Crippen molar-refractivity contribution in [3.05, 3.63) is 136 Å². The van der Waals surface area contributed by atoms with E-state index in [1.54, 1.807) is 34.4 Å². The Bertz CT molecular complexity index is 2730. The lowest BCUT2D eigenvalue weighted by molar-refractivity contribution is -0.699. The van der Waals surface area contributed by atoms with Crippen LogP contribution < -0.4 is 29.5 Å². The third kappa shape index (κ3) is 7.84. The number of aromatic nitrogens is 5. The van der Waals surface area contributed by atoms with Crippen LogP contribution in [0.2, 0.25) is 5.02 Å². The van der Waals surface area contributed by atoms with Crippen molar-refractivity contribution in [1.82, 2.24) is 24.6 Å². The van der Waals surface area contributed by atoms with Gasteiger partial charge in [-0.1, -0.05) is 54.0 Å². The molecule has 0 radical (unpaired) electrons. The minimum atomic E-state index is -0.494. The maximum Gasteiger partial charge on any atom is 0.271 e. The molecule has 298 valence electrons. The number of aryl methyl sites for hydroxylation is 3. The second-order valence-corrected chi connectivity index (χ2v) is 18.3. The lowest BCUT2D eigenvalue weighted by Gasteiger charge is -2.13. The molecule has 0 bridgehead atoms. The standard InChI is InChI=1S/C44H45ClN8O2S3/c1-6-52-37(58-40(42(52)55)44-50(5)34-16-9-10-17-35(34)57-44)25-32-15-11-14-24-51(32)23-13-8-7-12-22-46-36(54)26-33-41-49-48-29(4)53(41)43-38(27(2)28(3)56-43)39(47-33)30-18-20-31(45)21-19-30/h9-11,14-21,24-25,33H,6-8,12-13,22-23,26H2,1-5H3/p+1/b44-40+/t33-/m0/s1. The summed E-state index contributed by atoms with van der Waals surface area (Å²) in [6, 6.07) is 21.7. The molecule has 8 rings (SSSR count). The third-order valence-corrected chi connectivity index (χ3v) is 14.7. The Morgan fingerprint density at radius 2 is 1.74 bits per heavy atom. The van der Waals surface area contributed by atoms with Crippen LogP contribution >= 0.6 is 46.0 Å². The number of thiophene rings is 1. The van der Waals surface area contributed by atoms with Crippen molar-refractivity contribution in [2.45, 2.75) is 83.8 Å². The molecular formula is C44H46ClN8O2S3+. The quantitative estimate of drug-likeness (QED) is 0.103. The van der Waals surface area contributed by atoms with Gasteiger partial charge in [-0.15, -0.1) is 32.9 Å². The summed E-state index contributed by atoms with van der Waals surface area (Å²) in [5.41, 5.74) is 6.26. The molecular weight excluding hydrogens is 804 g/mol. The van der Waals surface area contributed by atoms with Gasteiger partial charge in [0.1, 0.15) is 37.6 Å². The number of hydrogen-bond acceptors (Lipinski definition) is 9. The number of aliphatic imine (C=N–C) groups is 1. The van der Waals surface area contributed by atoms with Gasteiger partial charge in [-0.05, 0) is 76.4 Å². The van der Waals surface area contributed by atoms with Crippen molar-refractivity contribution < 1.29 is 9.36 Å². The molecule has 2 aliphatic heterocycles. The highest BCUT2D eigenvalue weighted by Gasteiger charge is 2.32. The Labute approximate surface area is 355 Å². The number of pyridine rings is 1. The van der Waals surface area contributed by atoms with Crippen LogP contribution in [0.1, 0.15) is 84.0 Å². The Balaban J connectivity index is 0.893. The highest BCUT2D eigenvalue weighted by atomic mass is 35.5. The number of carbonyl (C=O) groups is 1. The number of thiazole rings is 1. The lowest BCUT2D eigenvalue weighted by Crippen LogP contribution is -2.38. The van der Waals surface area contributed by atoms with E-state index in [4.69, 9.17) is 16.6 Å². The fourth-order valence-electron chi connectivity index (χ4n) is 7.59. The SMILES string of the molecule is CCn1c(=O)/c(=C2\Sc3ccccc3N2C)s/c1=C\c1cccc[n+]1CCCCCCNC(=O)C[C@@H]1N=C(c2ccc(Cl)cc2)c2c(sc(C)c2C)-n2c(C)nnc21.